The standard InChI is InChI=1S/C17H21N3/c1-14-7-8-17(12-19-14)20-10-9-18-16(13-20)11-15-5-3-2-4-6-15/h2-8,12,16,18H,9-11,13H2,1H3. The Bertz CT molecular complexity index is 536. The summed E-state index contributed by atoms with van der Waals surface area (Å²) in [6, 6.07) is 15.5. The summed E-state index contributed by atoms with van der Waals surface area (Å²) in [5.41, 5.74) is 3.70. The molecule has 0 bridgehead atoms. The highest BCUT2D eigenvalue weighted by molar-refractivity contribution is 5.45. The Hall–Kier alpha value is -1.87. The third-order valence-electron chi connectivity index (χ3n) is 3.84. The number of hydrogen-bond donors (Lipinski definition) is 1. The van der Waals surface area contributed by atoms with Crippen LogP contribution in [0, 0.1) is 6.92 Å². The average Bonchev–Trinajstić information content (AvgIpc) is 2.49. The summed E-state index contributed by atoms with van der Waals surface area (Å²) < 4.78 is 0. The normalized spacial score (nSPS) is 19.1. The number of aromatic nitrogens is 1. The van der Waals surface area contributed by atoms with Gasteiger partial charge in [-0.05, 0) is 31.0 Å². The molecular weight excluding hydrogens is 246 g/mol. The van der Waals surface area contributed by atoms with E-state index in [2.05, 4.69) is 57.7 Å². The zero-order valence-electron chi connectivity index (χ0n) is 11.9. The van der Waals surface area contributed by atoms with Crippen molar-refractivity contribution in [1.82, 2.24) is 10.3 Å². The molecule has 1 aliphatic heterocycles. The molecule has 2 aromatic rings. The number of aryl methyl sites for hydroxylation is 1. The highest BCUT2D eigenvalue weighted by atomic mass is 15.2. The molecule has 3 nitrogen and oxygen atoms in total. The largest absolute Gasteiger partial charge is 0.367 e. The predicted octanol–water partition coefficient (Wildman–Crippen LogP) is 2.41. The van der Waals surface area contributed by atoms with Crippen LogP contribution in [0.4, 0.5) is 5.69 Å². The number of nitrogens with zero attached hydrogens (tertiary/aromatic N) is 2. The second kappa shape index (κ2) is 6.06. The van der Waals surface area contributed by atoms with Crippen LogP contribution in [0.25, 0.3) is 0 Å². The van der Waals surface area contributed by atoms with Crippen LogP contribution in [-0.2, 0) is 6.42 Å². The van der Waals surface area contributed by atoms with Crippen LogP contribution >= 0.6 is 0 Å². The molecule has 1 N–H and O–H groups in total. The molecule has 0 spiro atoms. The molecule has 2 heterocycles. The van der Waals surface area contributed by atoms with Crippen molar-refractivity contribution < 1.29 is 0 Å². The molecule has 1 aliphatic rings. The zero-order valence-corrected chi connectivity index (χ0v) is 11.9. The van der Waals surface area contributed by atoms with Crippen LogP contribution in [0.1, 0.15) is 11.3 Å². The molecule has 0 radical (unpaired) electrons. The van der Waals surface area contributed by atoms with Gasteiger partial charge in [-0.15, -0.1) is 0 Å². The van der Waals surface area contributed by atoms with Crippen molar-refractivity contribution in [2.75, 3.05) is 24.5 Å². The summed E-state index contributed by atoms with van der Waals surface area (Å²) in [5, 5.41) is 3.62. The lowest BCUT2D eigenvalue weighted by atomic mass is 10.0. The van der Waals surface area contributed by atoms with Gasteiger partial charge in [-0.3, -0.25) is 4.98 Å². The van der Waals surface area contributed by atoms with E-state index in [0.29, 0.717) is 6.04 Å². The predicted molar refractivity (Wildman–Crippen MR) is 83.1 cm³/mol. The summed E-state index contributed by atoms with van der Waals surface area (Å²) in [7, 11) is 0. The topological polar surface area (TPSA) is 28.2 Å². The van der Waals surface area contributed by atoms with E-state index in [0.717, 1.165) is 31.7 Å². The molecule has 3 heteroatoms. The summed E-state index contributed by atoms with van der Waals surface area (Å²) in [6.07, 6.45) is 3.07. The lowest BCUT2D eigenvalue weighted by Crippen LogP contribution is -2.51. The molecule has 1 fully saturated rings. The minimum Gasteiger partial charge on any atom is -0.367 e. The van der Waals surface area contributed by atoms with Crippen molar-refractivity contribution in [3.05, 3.63) is 59.9 Å². The van der Waals surface area contributed by atoms with Crippen molar-refractivity contribution in [1.29, 1.82) is 0 Å². The first-order valence-electron chi connectivity index (χ1n) is 7.26. The van der Waals surface area contributed by atoms with Gasteiger partial charge in [0.25, 0.3) is 0 Å². The SMILES string of the molecule is Cc1ccc(N2CCNC(Cc3ccccc3)C2)cn1. The Morgan fingerprint density at radius 2 is 2.05 bits per heavy atom. The third kappa shape index (κ3) is 3.17. The first-order valence-corrected chi connectivity index (χ1v) is 7.26. The number of anilines is 1. The minimum atomic E-state index is 0.507. The van der Waals surface area contributed by atoms with Gasteiger partial charge in [0, 0.05) is 31.4 Å². The van der Waals surface area contributed by atoms with E-state index < -0.39 is 0 Å². The van der Waals surface area contributed by atoms with E-state index in [4.69, 9.17) is 0 Å². The Labute approximate surface area is 120 Å². The molecule has 20 heavy (non-hydrogen) atoms. The second-order valence-corrected chi connectivity index (χ2v) is 5.44. The van der Waals surface area contributed by atoms with Gasteiger partial charge in [-0.2, -0.15) is 0 Å². The molecule has 0 amide bonds. The van der Waals surface area contributed by atoms with Crippen LogP contribution in [0.5, 0.6) is 0 Å². The van der Waals surface area contributed by atoms with Gasteiger partial charge >= 0.3 is 0 Å². The van der Waals surface area contributed by atoms with Crippen LogP contribution in [-0.4, -0.2) is 30.7 Å². The smallest absolute Gasteiger partial charge is 0.0553 e. The minimum absolute atomic E-state index is 0.507. The van der Waals surface area contributed by atoms with Crippen molar-refractivity contribution in [3.63, 3.8) is 0 Å². The van der Waals surface area contributed by atoms with Gasteiger partial charge < -0.3 is 10.2 Å². The average molecular weight is 267 g/mol. The summed E-state index contributed by atoms with van der Waals surface area (Å²) in [5.74, 6) is 0. The summed E-state index contributed by atoms with van der Waals surface area (Å²) >= 11 is 0. The molecule has 1 unspecified atom stereocenters. The van der Waals surface area contributed by atoms with Gasteiger partial charge in [-0.25, -0.2) is 0 Å². The first-order chi connectivity index (χ1) is 9.81. The highest BCUT2D eigenvalue weighted by Gasteiger charge is 2.19. The number of rotatable bonds is 3. The highest BCUT2D eigenvalue weighted by Crippen LogP contribution is 2.16. The molecule has 104 valence electrons. The van der Waals surface area contributed by atoms with Gasteiger partial charge in [0.05, 0.1) is 11.9 Å². The maximum atomic E-state index is 4.40. The van der Waals surface area contributed by atoms with Gasteiger partial charge in [-0.1, -0.05) is 30.3 Å². The van der Waals surface area contributed by atoms with Crippen molar-refractivity contribution in [2.24, 2.45) is 0 Å². The van der Waals surface area contributed by atoms with Gasteiger partial charge in [0.1, 0.15) is 0 Å². The van der Waals surface area contributed by atoms with E-state index in [1.807, 2.05) is 13.1 Å². The maximum absolute atomic E-state index is 4.40. The summed E-state index contributed by atoms with van der Waals surface area (Å²) in [6.45, 7) is 5.15. The molecular formula is C17H21N3. The van der Waals surface area contributed by atoms with E-state index in [9.17, 15) is 0 Å². The quantitative estimate of drug-likeness (QED) is 0.925. The first kappa shape index (κ1) is 13.1. The number of pyridine rings is 1. The Morgan fingerprint density at radius 3 is 2.80 bits per heavy atom. The molecule has 1 aromatic heterocycles. The fraction of sp³-hybridized carbons (Fsp3) is 0.353. The van der Waals surface area contributed by atoms with Crippen molar-refractivity contribution in [2.45, 2.75) is 19.4 Å². The van der Waals surface area contributed by atoms with E-state index in [1.165, 1.54) is 11.3 Å². The Morgan fingerprint density at radius 1 is 1.20 bits per heavy atom. The van der Waals surface area contributed by atoms with Crippen LogP contribution in [0.2, 0.25) is 0 Å². The third-order valence-corrected chi connectivity index (χ3v) is 3.84. The van der Waals surface area contributed by atoms with Crippen molar-refractivity contribution in [3.8, 4) is 0 Å². The fourth-order valence-corrected chi connectivity index (χ4v) is 2.74. The van der Waals surface area contributed by atoms with E-state index in [1.54, 1.807) is 0 Å². The number of nitrogens with one attached hydrogen (secondary N) is 1. The number of benzene rings is 1. The zero-order chi connectivity index (χ0) is 13.8. The van der Waals surface area contributed by atoms with Crippen LogP contribution in [0.3, 0.4) is 0 Å². The summed E-state index contributed by atoms with van der Waals surface area (Å²) in [4.78, 5) is 6.83. The maximum Gasteiger partial charge on any atom is 0.0553 e. The molecule has 3 rings (SSSR count). The van der Waals surface area contributed by atoms with E-state index >= 15 is 0 Å². The molecule has 0 aliphatic carbocycles. The second-order valence-electron chi connectivity index (χ2n) is 5.44. The van der Waals surface area contributed by atoms with Gasteiger partial charge in [0.2, 0.25) is 0 Å². The molecule has 0 saturated carbocycles. The molecule has 1 atom stereocenters. The lowest BCUT2D eigenvalue weighted by molar-refractivity contribution is 0.454. The van der Waals surface area contributed by atoms with Crippen molar-refractivity contribution >= 4 is 5.69 Å². The van der Waals surface area contributed by atoms with Gasteiger partial charge in [0.15, 0.2) is 0 Å². The lowest BCUT2D eigenvalue weighted by Gasteiger charge is -2.35. The Balaban J connectivity index is 1.66. The van der Waals surface area contributed by atoms with E-state index in [-0.39, 0.29) is 0 Å². The molecule has 1 saturated heterocycles. The van der Waals surface area contributed by atoms with Crippen LogP contribution < -0.4 is 10.2 Å². The monoisotopic (exact) mass is 267 g/mol. The Kier molecular flexibility index (Phi) is 3.97. The number of hydrogen-bond acceptors (Lipinski definition) is 3. The molecule has 1 aromatic carbocycles. The number of piperazine rings is 1. The fourth-order valence-electron chi connectivity index (χ4n) is 2.74. The van der Waals surface area contributed by atoms with Crippen LogP contribution in [0.15, 0.2) is 48.7 Å².